The molecule has 0 fully saturated rings. The maximum absolute atomic E-state index is 6.51. The van der Waals surface area contributed by atoms with Gasteiger partial charge in [0, 0.05) is 39.7 Å². The first-order chi connectivity index (χ1) is 16.0. The number of rotatable bonds is 10. The highest BCUT2D eigenvalue weighted by atomic mass is 35.5. The molecule has 33 heavy (non-hydrogen) atoms. The van der Waals surface area contributed by atoms with Gasteiger partial charge in [0.1, 0.15) is 12.4 Å². The molecule has 5 nitrogen and oxygen atoms in total. The highest BCUT2D eigenvalue weighted by Crippen LogP contribution is 2.34. The summed E-state index contributed by atoms with van der Waals surface area (Å²) >= 11 is 18.7. The first-order valence-electron chi connectivity index (χ1n) is 10.6. The fourth-order valence-electron chi connectivity index (χ4n) is 3.51. The molecule has 0 amide bonds. The van der Waals surface area contributed by atoms with E-state index in [-0.39, 0.29) is 6.61 Å². The first kappa shape index (κ1) is 23.7. The molecular weight excluding hydrogens is 481 g/mol. The molecule has 8 heteroatoms. The topological polar surface area (TPSA) is 59.2 Å². The van der Waals surface area contributed by atoms with Crippen LogP contribution in [0.5, 0.6) is 11.5 Å². The van der Waals surface area contributed by atoms with Gasteiger partial charge in [-0.05, 0) is 48.9 Å². The van der Waals surface area contributed by atoms with Crippen LogP contribution >= 0.6 is 34.8 Å². The van der Waals surface area contributed by atoms with Crippen molar-refractivity contribution in [2.24, 2.45) is 0 Å². The number of imidazole rings is 1. The summed E-state index contributed by atoms with van der Waals surface area (Å²) in [6, 6.07) is 17.0. The number of halogens is 3. The summed E-state index contributed by atoms with van der Waals surface area (Å²) in [5.41, 5.74) is 3.84. The second-order valence-corrected chi connectivity index (χ2v) is 8.85. The van der Waals surface area contributed by atoms with Gasteiger partial charge >= 0.3 is 0 Å². The Kier molecular flexibility index (Phi) is 7.99. The van der Waals surface area contributed by atoms with Crippen molar-refractivity contribution in [3.8, 4) is 11.5 Å². The highest BCUT2D eigenvalue weighted by molar-refractivity contribution is 6.35. The van der Waals surface area contributed by atoms with E-state index in [4.69, 9.17) is 44.3 Å². The van der Waals surface area contributed by atoms with E-state index < -0.39 is 0 Å². The molecule has 0 saturated carbocycles. The number of fused-ring (bicyclic) bond motifs is 1. The summed E-state index contributed by atoms with van der Waals surface area (Å²) in [6.07, 6.45) is 1.83. The van der Waals surface area contributed by atoms with Crippen molar-refractivity contribution in [2.45, 2.75) is 26.0 Å². The lowest BCUT2D eigenvalue weighted by Gasteiger charge is -2.15. The quantitative estimate of drug-likeness (QED) is 0.232. The van der Waals surface area contributed by atoms with Gasteiger partial charge in [0.25, 0.3) is 0 Å². The molecule has 0 bridgehead atoms. The van der Waals surface area contributed by atoms with Gasteiger partial charge in [-0.2, -0.15) is 0 Å². The van der Waals surface area contributed by atoms with E-state index in [0.29, 0.717) is 33.1 Å². The molecule has 4 rings (SSSR count). The molecule has 3 aromatic carbocycles. The monoisotopic (exact) mass is 503 g/mol. The van der Waals surface area contributed by atoms with Crippen molar-refractivity contribution in [1.29, 1.82) is 0 Å². The minimum atomic E-state index is 0.280. The van der Waals surface area contributed by atoms with E-state index in [2.05, 4.69) is 15.3 Å². The average molecular weight is 505 g/mol. The average Bonchev–Trinajstić information content (AvgIpc) is 3.22. The zero-order chi connectivity index (χ0) is 23.2. The van der Waals surface area contributed by atoms with E-state index >= 15 is 0 Å². The molecule has 0 aliphatic heterocycles. The van der Waals surface area contributed by atoms with E-state index in [0.717, 1.165) is 47.4 Å². The minimum Gasteiger partial charge on any atom is -0.493 e. The van der Waals surface area contributed by atoms with Crippen LogP contribution in [0.1, 0.15) is 23.4 Å². The van der Waals surface area contributed by atoms with Gasteiger partial charge in [-0.1, -0.05) is 53.0 Å². The summed E-state index contributed by atoms with van der Waals surface area (Å²) < 4.78 is 11.4. The van der Waals surface area contributed by atoms with Gasteiger partial charge in [0.15, 0.2) is 11.5 Å². The first-order valence-corrected chi connectivity index (χ1v) is 11.7. The van der Waals surface area contributed by atoms with Crippen molar-refractivity contribution < 1.29 is 9.47 Å². The molecule has 0 radical (unpaired) electrons. The Hall–Kier alpha value is -2.44. The van der Waals surface area contributed by atoms with Crippen LogP contribution < -0.4 is 14.8 Å². The van der Waals surface area contributed by atoms with Crippen LogP contribution in [-0.2, 0) is 19.6 Å². The summed E-state index contributed by atoms with van der Waals surface area (Å²) in [4.78, 5) is 7.97. The van der Waals surface area contributed by atoms with Gasteiger partial charge in [-0.3, -0.25) is 0 Å². The molecule has 172 valence electrons. The second kappa shape index (κ2) is 11.1. The van der Waals surface area contributed by atoms with Gasteiger partial charge < -0.3 is 19.8 Å². The smallest absolute Gasteiger partial charge is 0.163 e. The number of ether oxygens (including phenoxy) is 2. The summed E-state index contributed by atoms with van der Waals surface area (Å²) in [5.74, 6) is 2.17. The molecule has 0 aliphatic rings. The number of aromatic nitrogens is 2. The third-order valence-corrected chi connectivity index (χ3v) is 6.19. The number of nitrogens with zero attached hydrogens (tertiary/aromatic N) is 1. The zero-order valence-corrected chi connectivity index (χ0v) is 20.4. The predicted octanol–water partition coefficient (Wildman–Crippen LogP) is 6.83. The number of hydrogen-bond donors (Lipinski definition) is 2. The van der Waals surface area contributed by atoms with E-state index in [1.54, 1.807) is 25.3 Å². The van der Waals surface area contributed by atoms with Crippen LogP contribution in [-0.4, -0.2) is 23.6 Å². The van der Waals surface area contributed by atoms with Crippen LogP contribution in [0.4, 0.5) is 0 Å². The SMILES string of the molecule is COc1cc(CNCCCc2nc3ccccc3[nH]2)c(Cl)cc1OCc1ccc(Cl)cc1Cl. The number of H-pyrrole nitrogens is 1. The number of hydrogen-bond acceptors (Lipinski definition) is 4. The van der Waals surface area contributed by atoms with Crippen LogP contribution in [0, 0.1) is 0 Å². The van der Waals surface area contributed by atoms with E-state index in [9.17, 15) is 0 Å². The fourth-order valence-corrected chi connectivity index (χ4v) is 4.19. The lowest BCUT2D eigenvalue weighted by Crippen LogP contribution is -2.16. The molecule has 0 atom stereocenters. The number of benzene rings is 3. The highest BCUT2D eigenvalue weighted by Gasteiger charge is 2.12. The van der Waals surface area contributed by atoms with Gasteiger partial charge in [-0.15, -0.1) is 0 Å². The third kappa shape index (κ3) is 6.12. The number of aryl methyl sites for hydroxylation is 1. The number of nitrogens with one attached hydrogen (secondary N) is 2. The van der Waals surface area contributed by atoms with Gasteiger partial charge in [0.2, 0.25) is 0 Å². The minimum absolute atomic E-state index is 0.280. The number of para-hydroxylation sites is 2. The van der Waals surface area contributed by atoms with Crippen molar-refractivity contribution in [3.63, 3.8) is 0 Å². The molecule has 4 aromatic rings. The molecule has 0 aliphatic carbocycles. The molecule has 0 spiro atoms. The Morgan fingerprint density at radius 3 is 2.55 bits per heavy atom. The zero-order valence-electron chi connectivity index (χ0n) is 18.1. The van der Waals surface area contributed by atoms with Gasteiger partial charge in [-0.25, -0.2) is 4.98 Å². The lowest BCUT2D eigenvalue weighted by molar-refractivity contribution is 0.284. The molecule has 1 aromatic heterocycles. The van der Waals surface area contributed by atoms with Crippen molar-refractivity contribution in [3.05, 3.63) is 86.6 Å². The third-order valence-electron chi connectivity index (χ3n) is 5.25. The Bertz CT molecular complexity index is 1210. The summed E-state index contributed by atoms with van der Waals surface area (Å²) in [6.45, 7) is 1.74. The normalized spacial score (nSPS) is 11.2. The van der Waals surface area contributed by atoms with Crippen LogP contribution in [0.25, 0.3) is 11.0 Å². The summed E-state index contributed by atoms with van der Waals surface area (Å²) in [5, 5.41) is 5.18. The molecular formula is C25H24Cl3N3O2. The van der Waals surface area contributed by atoms with Crippen LogP contribution in [0.15, 0.2) is 54.6 Å². The van der Waals surface area contributed by atoms with Crippen molar-refractivity contribution >= 4 is 45.8 Å². The Morgan fingerprint density at radius 2 is 1.76 bits per heavy atom. The molecule has 0 unspecified atom stereocenters. The fraction of sp³-hybridized carbons (Fsp3) is 0.240. The predicted molar refractivity (Wildman–Crippen MR) is 135 cm³/mol. The Labute approximate surface area is 208 Å². The number of aromatic amines is 1. The molecule has 0 saturated heterocycles. The van der Waals surface area contributed by atoms with Gasteiger partial charge in [0.05, 0.1) is 18.1 Å². The van der Waals surface area contributed by atoms with E-state index in [1.165, 1.54) is 0 Å². The van der Waals surface area contributed by atoms with Crippen molar-refractivity contribution in [1.82, 2.24) is 15.3 Å². The van der Waals surface area contributed by atoms with Crippen molar-refractivity contribution in [2.75, 3.05) is 13.7 Å². The largest absolute Gasteiger partial charge is 0.493 e. The number of methoxy groups -OCH3 is 1. The van der Waals surface area contributed by atoms with Crippen LogP contribution in [0.3, 0.4) is 0 Å². The summed E-state index contributed by atoms with van der Waals surface area (Å²) in [7, 11) is 1.61. The maximum Gasteiger partial charge on any atom is 0.163 e. The van der Waals surface area contributed by atoms with Crippen LogP contribution in [0.2, 0.25) is 15.1 Å². The van der Waals surface area contributed by atoms with E-state index in [1.807, 2.05) is 36.4 Å². The lowest BCUT2D eigenvalue weighted by atomic mass is 10.2. The second-order valence-electron chi connectivity index (χ2n) is 7.60. The Morgan fingerprint density at radius 1 is 0.939 bits per heavy atom. The maximum atomic E-state index is 6.51. The molecule has 1 heterocycles. The standard InChI is InChI=1S/C25H24Cl3N3O2/c1-32-23-11-17(14-29-10-4-7-25-30-21-5-2-3-6-22(21)31-25)20(28)13-24(23)33-15-16-8-9-18(26)12-19(16)27/h2-3,5-6,8-9,11-13,29H,4,7,10,14-15H2,1H3,(H,30,31). The molecule has 2 N–H and O–H groups in total. The Balaban J connectivity index is 1.30.